The summed E-state index contributed by atoms with van der Waals surface area (Å²) >= 11 is 3.40. The zero-order valence-electron chi connectivity index (χ0n) is 13.0. The van der Waals surface area contributed by atoms with E-state index in [1.54, 1.807) is 11.1 Å². The van der Waals surface area contributed by atoms with Crippen LogP contribution in [-0.2, 0) is 4.74 Å². The largest absolute Gasteiger partial charge is 0.487 e. The molecule has 0 bridgehead atoms. The number of amides is 1. The molecule has 2 aliphatic heterocycles. The average Bonchev–Trinajstić information content (AvgIpc) is 2.44. The number of nitrogens with zero attached hydrogens (tertiary/aromatic N) is 3. The normalized spacial score (nSPS) is 20.8. The predicted octanol–water partition coefficient (Wildman–Crippen LogP) is 2.66. The third-order valence-electron chi connectivity index (χ3n) is 3.64. The van der Waals surface area contributed by atoms with Crippen molar-refractivity contribution >= 4 is 27.8 Å². The molecule has 6 nitrogen and oxygen atoms in total. The minimum atomic E-state index is -0.474. The Labute approximate surface area is 138 Å². The van der Waals surface area contributed by atoms with E-state index >= 15 is 0 Å². The lowest BCUT2D eigenvalue weighted by molar-refractivity contribution is 0.0194. The van der Waals surface area contributed by atoms with Gasteiger partial charge < -0.3 is 19.3 Å². The predicted molar refractivity (Wildman–Crippen MR) is 86.4 cm³/mol. The number of aromatic nitrogens is 1. The van der Waals surface area contributed by atoms with Crippen LogP contribution in [0.25, 0.3) is 0 Å². The van der Waals surface area contributed by atoms with Gasteiger partial charge in [0.15, 0.2) is 11.6 Å². The smallest absolute Gasteiger partial charge is 0.410 e. The lowest BCUT2D eigenvalue weighted by Gasteiger charge is -2.44. The topological polar surface area (TPSA) is 54.9 Å². The summed E-state index contributed by atoms with van der Waals surface area (Å²) in [6.07, 6.45) is 1.51. The molecule has 1 atom stereocenters. The quantitative estimate of drug-likeness (QED) is 0.703. The van der Waals surface area contributed by atoms with Crippen molar-refractivity contribution in [2.45, 2.75) is 32.4 Å². The highest BCUT2D eigenvalue weighted by atomic mass is 79.9. The molecule has 7 heteroatoms. The van der Waals surface area contributed by atoms with Crippen molar-refractivity contribution in [2.75, 3.05) is 31.1 Å². The number of anilines is 1. The third kappa shape index (κ3) is 3.14. The SMILES string of the molecule is CC(C)(C)OC(=O)N1CCN2c3ncc(Br)cc3OC[C@H]2C1. The standard InChI is InChI=1S/C15H20BrN3O3/c1-15(2,3)22-14(20)18-4-5-19-11(8-18)9-21-12-6-10(16)7-17-13(12)19/h6-7,11H,4-5,8-9H2,1-3H3/t11-/m1/s1. The van der Waals surface area contributed by atoms with Gasteiger partial charge >= 0.3 is 6.09 Å². The Hall–Kier alpha value is -1.50. The number of carbonyl (C=O) groups is 1. The fourth-order valence-corrected chi connectivity index (χ4v) is 3.00. The number of piperazine rings is 1. The van der Waals surface area contributed by atoms with E-state index in [-0.39, 0.29) is 12.1 Å². The molecule has 3 heterocycles. The van der Waals surface area contributed by atoms with Crippen LogP contribution in [0.4, 0.5) is 10.6 Å². The Morgan fingerprint density at radius 3 is 2.95 bits per heavy atom. The minimum absolute atomic E-state index is 0.113. The minimum Gasteiger partial charge on any atom is -0.487 e. The average molecular weight is 370 g/mol. The maximum absolute atomic E-state index is 12.2. The molecule has 3 rings (SSSR count). The molecule has 0 aliphatic carbocycles. The Morgan fingerprint density at radius 2 is 2.23 bits per heavy atom. The number of pyridine rings is 1. The summed E-state index contributed by atoms with van der Waals surface area (Å²) in [7, 11) is 0. The summed E-state index contributed by atoms with van der Waals surface area (Å²) in [5, 5.41) is 0. The number of rotatable bonds is 0. The Bertz CT molecular complexity index is 588. The van der Waals surface area contributed by atoms with Gasteiger partial charge in [-0.3, -0.25) is 0 Å². The van der Waals surface area contributed by atoms with Crippen molar-refractivity contribution < 1.29 is 14.3 Å². The third-order valence-corrected chi connectivity index (χ3v) is 4.07. The molecule has 0 radical (unpaired) electrons. The first-order valence-corrected chi connectivity index (χ1v) is 8.16. The maximum atomic E-state index is 12.2. The van der Waals surface area contributed by atoms with E-state index in [9.17, 15) is 4.79 Å². The van der Waals surface area contributed by atoms with Gasteiger partial charge in [-0.25, -0.2) is 9.78 Å². The van der Waals surface area contributed by atoms with Crippen LogP contribution in [0.2, 0.25) is 0 Å². The second kappa shape index (κ2) is 5.61. The van der Waals surface area contributed by atoms with Gasteiger partial charge in [-0.2, -0.15) is 0 Å². The molecule has 0 spiro atoms. The van der Waals surface area contributed by atoms with E-state index in [4.69, 9.17) is 9.47 Å². The Kier molecular flexibility index (Phi) is 3.92. The van der Waals surface area contributed by atoms with Crippen LogP contribution in [0, 0.1) is 0 Å². The van der Waals surface area contributed by atoms with Gasteiger partial charge in [-0.1, -0.05) is 0 Å². The van der Waals surface area contributed by atoms with Crippen molar-refractivity contribution in [3.8, 4) is 5.75 Å². The number of halogens is 1. The van der Waals surface area contributed by atoms with Crippen LogP contribution in [0.15, 0.2) is 16.7 Å². The van der Waals surface area contributed by atoms with Gasteiger partial charge in [0, 0.05) is 30.3 Å². The van der Waals surface area contributed by atoms with Crippen molar-refractivity contribution in [3.63, 3.8) is 0 Å². The van der Waals surface area contributed by atoms with Gasteiger partial charge in [0.25, 0.3) is 0 Å². The molecule has 2 aliphatic rings. The number of ether oxygens (including phenoxy) is 2. The van der Waals surface area contributed by atoms with Gasteiger partial charge in [-0.05, 0) is 42.8 Å². The second-order valence-corrected chi connectivity index (χ2v) is 7.48. The van der Waals surface area contributed by atoms with Crippen LogP contribution in [0.5, 0.6) is 5.75 Å². The van der Waals surface area contributed by atoms with E-state index in [0.29, 0.717) is 19.7 Å². The molecule has 0 N–H and O–H groups in total. The summed E-state index contributed by atoms with van der Waals surface area (Å²) < 4.78 is 12.1. The van der Waals surface area contributed by atoms with Crippen LogP contribution in [0.1, 0.15) is 20.8 Å². The lowest BCUT2D eigenvalue weighted by atomic mass is 10.1. The highest BCUT2D eigenvalue weighted by Crippen LogP contribution is 2.35. The lowest BCUT2D eigenvalue weighted by Crippen LogP contribution is -2.59. The summed E-state index contributed by atoms with van der Waals surface area (Å²) in [5.74, 6) is 1.64. The van der Waals surface area contributed by atoms with Crippen LogP contribution in [0.3, 0.4) is 0 Å². The summed E-state index contributed by atoms with van der Waals surface area (Å²) in [6, 6.07) is 2.04. The first-order chi connectivity index (χ1) is 10.3. The maximum Gasteiger partial charge on any atom is 0.410 e. The number of hydrogen-bond donors (Lipinski definition) is 0. The van der Waals surface area contributed by atoms with Crippen molar-refractivity contribution in [2.24, 2.45) is 0 Å². The Morgan fingerprint density at radius 1 is 1.45 bits per heavy atom. The molecule has 0 aromatic carbocycles. The number of fused-ring (bicyclic) bond motifs is 3. The van der Waals surface area contributed by atoms with E-state index < -0.39 is 5.60 Å². The molecular weight excluding hydrogens is 350 g/mol. The first kappa shape index (κ1) is 15.4. The molecule has 0 unspecified atom stereocenters. The molecule has 1 aromatic heterocycles. The summed E-state index contributed by atoms with van der Waals surface area (Å²) in [6.45, 7) is 8.13. The monoisotopic (exact) mass is 369 g/mol. The highest BCUT2D eigenvalue weighted by Gasteiger charge is 2.36. The second-order valence-electron chi connectivity index (χ2n) is 6.56. The first-order valence-electron chi connectivity index (χ1n) is 7.36. The van der Waals surface area contributed by atoms with Crippen molar-refractivity contribution in [3.05, 3.63) is 16.7 Å². The Balaban J connectivity index is 1.71. The zero-order chi connectivity index (χ0) is 15.9. The molecular formula is C15H20BrN3O3. The van der Waals surface area contributed by atoms with Crippen molar-refractivity contribution in [1.29, 1.82) is 0 Å². The molecule has 22 heavy (non-hydrogen) atoms. The van der Waals surface area contributed by atoms with Crippen LogP contribution in [-0.4, -0.2) is 53.9 Å². The molecule has 1 aromatic rings. The van der Waals surface area contributed by atoms with Crippen LogP contribution >= 0.6 is 15.9 Å². The molecule has 1 amide bonds. The number of carbonyl (C=O) groups excluding carboxylic acids is 1. The zero-order valence-corrected chi connectivity index (χ0v) is 14.6. The number of hydrogen-bond acceptors (Lipinski definition) is 5. The van der Waals surface area contributed by atoms with Gasteiger partial charge in [-0.15, -0.1) is 0 Å². The van der Waals surface area contributed by atoms with E-state index in [1.807, 2.05) is 26.8 Å². The molecule has 0 saturated carbocycles. The van der Waals surface area contributed by atoms with E-state index in [0.717, 1.165) is 22.6 Å². The molecule has 1 fully saturated rings. The summed E-state index contributed by atoms with van der Waals surface area (Å²) in [5.41, 5.74) is -0.474. The molecule has 120 valence electrons. The van der Waals surface area contributed by atoms with Gasteiger partial charge in [0.2, 0.25) is 0 Å². The fraction of sp³-hybridized carbons (Fsp3) is 0.600. The fourth-order valence-electron chi connectivity index (χ4n) is 2.69. The summed E-state index contributed by atoms with van der Waals surface area (Å²) in [4.78, 5) is 20.6. The van der Waals surface area contributed by atoms with Crippen LogP contribution < -0.4 is 9.64 Å². The molecule has 1 saturated heterocycles. The van der Waals surface area contributed by atoms with Gasteiger partial charge in [0.05, 0.1) is 6.04 Å². The van der Waals surface area contributed by atoms with E-state index in [2.05, 4.69) is 25.8 Å². The highest BCUT2D eigenvalue weighted by molar-refractivity contribution is 9.10. The van der Waals surface area contributed by atoms with E-state index in [1.165, 1.54) is 0 Å². The van der Waals surface area contributed by atoms with Crippen molar-refractivity contribution in [1.82, 2.24) is 9.88 Å². The van der Waals surface area contributed by atoms with Gasteiger partial charge in [0.1, 0.15) is 12.2 Å².